The lowest BCUT2D eigenvalue weighted by atomic mass is 10.2. The van der Waals surface area contributed by atoms with Crippen LogP contribution in [-0.4, -0.2) is 17.9 Å². The van der Waals surface area contributed by atoms with Crippen LogP contribution in [0.3, 0.4) is 0 Å². The number of halogens is 1. The van der Waals surface area contributed by atoms with E-state index >= 15 is 0 Å². The number of hydrogen-bond donors (Lipinski definition) is 0. The highest BCUT2D eigenvalue weighted by Crippen LogP contribution is 2.37. The van der Waals surface area contributed by atoms with Crippen molar-refractivity contribution in [1.29, 1.82) is 0 Å². The summed E-state index contributed by atoms with van der Waals surface area (Å²) in [6.45, 7) is 15.2. The first-order chi connectivity index (χ1) is 10.7. The fourth-order valence-electron chi connectivity index (χ4n) is 2.37. The van der Waals surface area contributed by atoms with Crippen LogP contribution in [0.15, 0.2) is 18.2 Å². The van der Waals surface area contributed by atoms with Crippen LogP contribution in [0, 0.1) is 0 Å². The summed E-state index contributed by atoms with van der Waals surface area (Å²) in [7, 11) is -1.73. The SMILES string of the molecule is CCCn1c(CCl)nc2cc(CO[Si](C)(C)C(C)(C)C)ccc21. The number of hydrogen-bond acceptors (Lipinski definition) is 2. The third-order valence-electron chi connectivity index (χ3n) is 4.86. The zero-order valence-corrected chi connectivity index (χ0v) is 17.0. The average molecular weight is 353 g/mol. The number of nitrogens with zero attached hydrogens (tertiary/aromatic N) is 2. The van der Waals surface area contributed by atoms with Crippen LogP contribution in [-0.2, 0) is 23.5 Å². The van der Waals surface area contributed by atoms with Crippen LogP contribution in [0.25, 0.3) is 11.0 Å². The van der Waals surface area contributed by atoms with Gasteiger partial charge >= 0.3 is 0 Å². The molecule has 0 aliphatic carbocycles. The van der Waals surface area contributed by atoms with Gasteiger partial charge in [0.2, 0.25) is 0 Å². The molecular formula is C18H29ClN2OSi. The molecule has 0 aliphatic heterocycles. The minimum atomic E-state index is -1.73. The molecule has 5 heteroatoms. The van der Waals surface area contributed by atoms with Gasteiger partial charge in [0.1, 0.15) is 5.82 Å². The predicted octanol–water partition coefficient (Wildman–Crippen LogP) is 5.71. The fourth-order valence-corrected chi connectivity index (χ4v) is 3.53. The molecule has 23 heavy (non-hydrogen) atoms. The monoisotopic (exact) mass is 352 g/mol. The molecule has 0 bridgehead atoms. The van der Waals surface area contributed by atoms with E-state index < -0.39 is 8.32 Å². The van der Waals surface area contributed by atoms with Gasteiger partial charge in [-0.25, -0.2) is 4.98 Å². The molecule has 1 aromatic heterocycles. The van der Waals surface area contributed by atoms with Crippen molar-refractivity contribution >= 4 is 31.0 Å². The Morgan fingerprint density at radius 1 is 1.26 bits per heavy atom. The van der Waals surface area contributed by atoms with E-state index in [1.165, 1.54) is 11.1 Å². The minimum Gasteiger partial charge on any atom is -0.413 e. The Morgan fingerprint density at radius 2 is 1.96 bits per heavy atom. The van der Waals surface area contributed by atoms with E-state index in [9.17, 15) is 0 Å². The fraction of sp³-hybridized carbons (Fsp3) is 0.611. The Morgan fingerprint density at radius 3 is 2.52 bits per heavy atom. The highest BCUT2D eigenvalue weighted by Gasteiger charge is 2.37. The molecule has 0 fully saturated rings. The van der Waals surface area contributed by atoms with Gasteiger partial charge in [-0.1, -0.05) is 33.8 Å². The molecule has 0 amide bonds. The maximum atomic E-state index is 6.32. The second-order valence-electron chi connectivity index (χ2n) is 7.69. The number of imidazole rings is 1. The standard InChI is InChI=1S/C18H29ClN2OSi/c1-7-10-21-16-9-8-14(11-15(16)20-17(21)12-19)13-22-23(5,6)18(2,3)4/h8-9,11H,7,10,12-13H2,1-6H3. The van der Waals surface area contributed by atoms with E-state index in [1.54, 1.807) is 0 Å². The van der Waals surface area contributed by atoms with Gasteiger partial charge in [0.15, 0.2) is 8.32 Å². The van der Waals surface area contributed by atoms with Crippen molar-refractivity contribution in [2.75, 3.05) is 0 Å². The largest absolute Gasteiger partial charge is 0.413 e. The zero-order chi connectivity index (χ0) is 17.3. The van der Waals surface area contributed by atoms with E-state index in [-0.39, 0.29) is 5.04 Å². The van der Waals surface area contributed by atoms with Crippen molar-refractivity contribution in [2.24, 2.45) is 0 Å². The average Bonchev–Trinajstić information content (AvgIpc) is 2.82. The summed E-state index contributed by atoms with van der Waals surface area (Å²) in [5, 5.41) is 0.228. The van der Waals surface area contributed by atoms with Crippen molar-refractivity contribution in [1.82, 2.24) is 9.55 Å². The highest BCUT2D eigenvalue weighted by molar-refractivity contribution is 6.74. The van der Waals surface area contributed by atoms with Crippen molar-refractivity contribution < 1.29 is 4.43 Å². The molecule has 2 aromatic rings. The third kappa shape index (κ3) is 3.98. The van der Waals surface area contributed by atoms with Crippen molar-refractivity contribution in [2.45, 2.75) is 71.3 Å². The molecule has 2 rings (SSSR count). The summed E-state index contributed by atoms with van der Waals surface area (Å²) >= 11 is 6.05. The molecule has 1 aromatic carbocycles. The van der Waals surface area contributed by atoms with Gasteiger partial charge in [-0.2, -0.15) is 0 Å². The van der Waals surface area contributed by atoms with Crippen LogP contribution < -0.4 is 0 Å². The molecule has 0 atom stereocenters. The normalized spacial score (nSPS) is 13.0. The summed E-state index contributed by atoms with van der Waals surface area (Å²) < 4.78 is 8.54. The molecule has 0 radical (unpaired) electrons. The van der Waals surface area contributed by atoms with Crippen LogP contribution in [0.2, 0.25) is 18.1 Å². The number of rotatable bonds is 6. The smallest absolute Gasteiger partial charge is 0.192 e. The van der Waals surface area contributed by atoms with Crippen LogP contribution in [0.1, 0.15) is 45.5 Å². The lowest BCUT2D eigenvalue weighted by molar-refractivity contribution is 0.276. The Kier molecular flexibility index (Phi) is 5.59. The maximum absolute atomic E-state index is 6.32. The number of aryl methyl sites for hydroxylation is 1. The molecule has 128 valence electrons. The number of aromatic nitrogens is 2. The van der Waals surface area contributed by atoms with Gasteiger partial charge in [-0.05, 0) is 42.2 Å². The first-order valence-electron chi connectivity index (χ1n) is 8.37. The first kappa shape index (κ1) is 18.5. The summed E-state index contributed by atoms with van der Waals surface area (Å²) in [5.41, 5.74) is 3.37. The van der Waals surface area contributed by atoms with Gasteiger partial charge < -0.3 is 8.99 Å². The lowest BCUT2D eigenvalue weighted by Crippen LogP contribution is -2.40. The molecule has 0 N–H and O–H groups in total. The molecule has 3 nitrogen and oxygen atoms in total. The van der Waals surface area contributed by atoms with Crippen molar-refractivity contribution in [3.63, 3.8) is 0 Å². The van der Waals surface area contributed by atoms with E-state index in [4.69, 9.17) is 21.0 Å². The minimum absolute atomic E-state index is 0.228. The van der Waals surface area contributed by atoms with E-state index in [0.717, 1.165) is 24.3 Å². The molecule has 0 saturated carbocycles. The summed E-state index contributed by atoms with van der Waals surface area (Å²) in [5.74, 6) is 1.40. The van der Waals surface area contributed by atoms with Gasteiger partial charge in [0, 0.05) is 6.54 Å². The molecule has 0 unspecified atom stereocenters. The molecule has 1 heterocycles. The van der Waals surface area contributed by atoms with E-state index in [0.29, 0.717) is 12.5 Å². The van der Waals surface area contributed by atoms with E-state index in [1.807, 2.05) is 0 Å². The van der Waals surface area contributed by atoms with Crippen molar-refractivity contribution in [3.8, 4) is 0 Å². The van der Waals surface area contributed by atoms with E-state index in [2.05, 4.69) is 63.6 Å². The quantitative estimate of drug-likeness (QED) is 0.492. The highest BCUT2D eigenvalue weighted by atomic mass is 35.5. The molecule has 0 spiro atoms. The Hall–Kier alpha value is -0.843. The second-order valence-corrected chi connectivity index (χ2v) is 12.8. The predicted molar refractivity (Wildman–Crippen MR) is 102 cm³/mol. The number of benzene rings is 1. The zero-order valence-electron chi connectivity index (χ0n) is 15.2. The molecular weight excluding hydrogens is 324 g/mol. The van der Waals surface area contributed by atoms with Gasteiger partial charge in [-0.3, -0.25) is 0 Å². The van der Waals surface area contributed by atoms with Crippen molar-refractivity contribution in [3.05, 3.63) is 29.6 Å². The number of fused-ring (bicyclic) bond motifs is 1. The molecule has 0 aliphatic rings. The lowest BCUT2D eigenvalue weighted by Gasteiger charge is -2.36. The number of alkyl halides is 1. The maximum Gasteiger partial charge on any atom is 0.192 e. The van der Waals surface area contributed by atoms with Gasteiger partial charge in [0.05, 0.1) is 23.5 Å². The topological polar surface area (TPSA) is 27.1 Å². The first-order valence-corrected chi connectivity index (χ1v) is 11.8. The van der Waals surface area contributed by atoms with Gasteiger partial charge in [0.25, 0.3) is 0 Å². The molecule has 0 saturated heterocycles. The Labute approximate surface area is 146 Å². The van der Waals surface area contributed by atoms with Crippen LogP contribution in [0.5, 0.6) is 0 Å². The van der Waals surface area contributed by atoms with Gasteiger partial charge in [-0.15, -0.1) is 11.6 Å². The summed E-state index contributed by atoms with van der Waals surface area (Å²) in [6.07, 6.45) is 1.07. The van der Waals surface area contributed by atoms with Crippen LogP contribution in [0.4, 0.5) is 0 Å². The Bertz CT molecular complexity index is 673. The van der Waals surface area contributed by atoms with Crippen LogP contribution >= 0.6 is 11.6 Å². The Balaban J connectivity index is 2.24. The second kappa shape index (κ2) is 6.95. The third-order valence-corrected chi connectivity index (χ3v) is 9.58. The summed E-state index contributed by atoms with van der Waals surface area (Å²) in [6, 6.07) is 6.45. The summed E-state index contributed by atoms with van der Waals surface area (Å²) in [4.78, 5) is 4.69.